The summed E-state index contributed by atoms with van der Waals surface area (Å²) < 4.78 is 0. The van der Waals surface area contributed by atoms with Gasteiger partial charge in [0.2, 0.25) is 0 Å². The van der Waals surface area contributed by atoms with Crippen molar-refractivity contribution in [1.29, 1.82) is 0 Å². The van der Waals surface area contributed by atoms with Crippen molar-refractivity contribution in [3.8, 4) is 12.3 Å². The second-order valence-corrected chi connectivity index (χ2v) is 4.70. The molecule has 0 spiro atoms. The summed E-state index contributed by atoms with van der Waals surface area (Å²) in [6.07, 6.45) is 7.72. The third kappa shape index (κ3) is 2.22. The van der Waals surface area contributed by atoms with Gasteiger partial charge < -0.3 is 4.90 Å². The third-order valence-electron chi connectivity index (χ3n) is 3.59. The van der Waals surface area contributed by atoms with Gasteiger partial charge in [0.25, 0.3) is 0 Å². The van der Waals surface area contributed by atoms with Crippen molar-refractivity contribution in [3.63, 3.8) is 0 Å². The van der Waals surface area contributed by atoms with Gasteiger partial charge in [-0.1, -0.05) is 6.07 Å². The Morgan fingerprint density at radius 1 is 1.19 bits per heavy atom. The Balaban J connectivity index is 2.09. The van der Waals surface area contributed by atoms with Crippen molar-refractivity contribution in [1.82, 2.24) is 0 Å². The summed E-state index contributed by atoms with van der Waals surface area (Å²) in [5, 5.41) is 0. The van der Waals surface area contributed by atoms with E-state index in [9.17, 15) is 0 Å². The van der Waals surface area contributed by atoms with Gasteiger partial charge in [0.15, 0.2) is 0 Å². The molecule has 1 saturated heterocycles. The van der Waals surface area contributed by atoms with Crippen LogP contribution in [0.3, 0.4) is 0 Å². The summed E-state index contributed by atoms with van der Waals surface area (Å²) >= 11 is 0. The van der Waals surface area contributed by atoms with Gasteiger partial charge in [0, 0.05) is 24.7 Å². The van der Waals surface area contributed by atoms with E-state index in [1.807, 2.05) is 0 Å². The first kappa shape index (κ1) is 11.1. The highest BCUT2D eigenvalue weighted by Crippen LogP contribution is 2.24. The number of nitrogens with zero attached hydrogens (tertiary/aromatic N) is 1. The Labute approximate surface area is 98.5 Å². The Morgan fingerprint density at radius 3 is 2.44 bits per heavy atom. The minimum absolute atomic E-state index is 0.489. The highest BCUT2D eigenvalue weighted by atomic mass is 15.1. The smallest absolute Gasteiger partial charge is 0.0369 e. The molecule has 0 amide bonds. The predicted molar refractivity (Wildman–Crippen MR) is 69.7 cm³/mol. The van der Waals surface area contributed by atoms with E-state index in [0.717, 1.165) is 25.9 Å². The molecular weight excluding hydrogens is 194 g/mol. The minimum atomic E-state index is 0.489. The van der Waals surface area contributed by atoms with Gasteiger partial charge >= 0.3 is 0 Å². The molecule has 84 valence electrons. The molecule has 0 aliphatic carbocycles. The fourth-order valence-corrected chi connectivity index (χ4v) is 2.23. The molecule has 1 aromatic carbocycles. The molecule has 0 bridgehead atoms. The molecule has 0 aromatic heterocycles. The van der Waals surface area contributed by atoms with Crippen molar-refractivity contribution in [2.24, 2.45) is 5.92 Å². The lowest BCUT2D eigenvalue weighted by Crippen LogP contribution is -2.33. The largest absolute Gasteiger partial charge is 0.371 e. The van der Waals surface area contributed by atoms with Crippen LogP contribution in [0.15, 0.2) is 18.2 Å². The van der Waals surface area contributed by atoms with Crippen LogP contribution in [-0.4, -0.2) is 13.1 Å². The zero-order valence-corrected chi connectivity index (χ0v) is 10.2. The summed E-state index contributed by atoms with van der Waals surface area (Å²) in [4.78, 5) is 2.44. The van der Waals surface area contributed by atoms with Crippen LogP contribution in [0.4, 0.5) is 5.69 Å². The number of aryl methyl sites for hydroxylation is 2. The second-order valence-electron chi connectivity index (χ2n) is 4.70. The monoisotopic (exact) mass is 213 g/mol. The molecule has 1 aliphatic heterocycles. The third-order valence-corrected chi connectivity index (χ3v) is 3.59. The van der Waals surface area contributed by atoms with Gasteiger partial charge in [-0.05, 0) is 49.9 Å². The fourth-order valence-electron chi connectivity index (χ4n) is 2.23. The molecule has 1 aliphatic rings. The molecule has 16 heavy (non-hydrogen) atoms. The normalized spacial score (nSPS) is 17.2. The van der Waals surface area contributed by atoms with Gasteiger partial charge in [-0.15, -0.1) is 12.3 Å². The number of hydrogen-bond donors (Lipinski definition) is 0. The molecular formula is C15H19N. The Morgan fingerprint density at radius 2 is 1.88 bits per heavy atom. The van der Waals surface area contributed by atoms with Crippen molar-refractivity contribution in [2.75, 3.05) is 18.0 Å². The lowest BCUT2D eigenvalue weighted by Gasteiger charge is -2.32. The zero-order chi connectivity index (χ0) is 11.5. The molecule has 0 atom stereocenters. The number of terminal acetylenes is 1. The van der Waals surface area contributed by atoms with E-state index in [1.54, 1.807) is 0 Å². The summed E-state index contributed by atoms with van der Waals surface area (Å²) in [7, 11) is 0. The lowest BCUT2D eigenvalue weighted by atomic mass is 9.97. The highest BCUT2D eigenvalue weighted by molar-refractivity contribution is 5.51. The molecule has 1 aromatic rings. The molecule has 0 saturated carbocycles. The predicted octanol–water partition coefficient (Wildman–Crippen LogP) is 3.15. The molecule has 0 unspecified atom stereocenters. The van der Waals surface area contributed by atoms with Crippen LogP contribution in [0.2, 0.25) is 0 Å². The van der Waals surface area contributed by atoms with E-state index >= 15 is 0 Å². The quantitative estimate of drug-likeness (QED) is 0.648. The molecule has 0 radical (unpaired) electrons. The molecule has 0 N–H and O–H groups in total. The van der Waals surface area contributed by atoms with Crippen LogP contribution >= 0.6 is 0 Å². The lowest BCUT2D eigenvalue weighted by molar-refractivity contribution is 0.492. The minimum Gasteiger partial charge on any atom is -0.371 e. The number of benzene rings is 1. The first-order valence-electron chi connectivity index (χ1n) is 5.99. The molecule has 1 nitrogen and oxygen atoms in total. The highest BCUT2D eigenvalue weighted by Gasteiger charge is 2.17. The maximum Gasteiger partial charge on any atom is 0.0369 e. The zero-order valence-electron chi connectivity index (χ0n) is 10.2. The topological polar surface area (TPSA) is 3.24 Å². The summed E-state index contributed by atoms with van der Waals surface area (Å²) in [5.74, 6) is 3.36. The van der Waals surface area contributed by atoms with Crippen molar-refractivity contribution < 1.29 is 0 Å². The summed E-state index contributed by atoms with van der Waals surface area (Å²) in [6, 6.07) is 6.71. The van der Waals surface area contributed by atoms with Crippen LogP contribution in [0.5, 0.6) is 0 Å². The standard InChI is InChI=1S/C15H19N/c1-4-14-7-9-16(10-8-14)15-6-5-12(2)13(3)11-15/h1,5-6,11,14H,7-10H2,2-3H3. The van der Waals surface area contributed by atoms with Crippen molar-refractivity contribution in [2.45, 2.75) is 26.7 Å². The number of rotatable bonds is 1. The number of piperidine rings is 1. The summed E-state index contributed by atoms with van der Waals surface area (Å²) in [6.45, 7) is 6.52. The first-order valence-corrected chi connectivity index (χ1v) is 5.99. The van der Waals surface area contributed by atoms with Crippen molar-refractivity contribution in [3.05, 3.63) is 29.3 Å². The second kappa shape index (κ2) is 4.61. The van der Waals surface area contributed by atoms with Gasteiger partial charge in [-0.25, -0.2) is 0 Å². The van der Waals surface area contributed by atoms with E-state index in [4.69, 9.17) is 6.42 Å². The van der Waals surface area contributed by atoms with Crippen LogP contribution in [-0.2, 0) is 0 Å². The number of hydrogen-bond acceptors (Lipinski definition) is 1. The van der Waals surface area contributed by atoms with Crippen LogP contribution in [0.25, 0.3) is 0 Å². The van der Waals surface area contributed by atoms with E-state index in [-0.39, 0.29) is 0 Å². The van der Waals surface area contributed by atoms with Gasteiger partial charge in [0.05, 0.1) is 0 Å². The van der Waals surface area contributed by atoms with E-state index < -0.39 is 0 Å². The maximum absolute atomic E-state index is 5.46. The Bertz CT molecular complexity index is 406. The molecule has 1 heterocycles. The Hall–Kier alpha value is -1.42. The average Bonchev–Trinajstić information content (AvgIpc) is 2.33. The molecule has 1 fully saturated rings. The Kier molecular flexibility index (Phi) is 3.19. The average molecular weight is 213 g/mol. The SMILES string of the molecule is C#CC1CCN(c2ccc(C)c(C)c2)CC1. The first-order chi connectivity index (χ1) is 7.70. The van der Waals surface area contributed by atoms with Crippen LogP contribution in [0, 0.1) is 32.1 Å². The van der Waals surface area contributed by atoms with E-state index in [1.165, 1.54) is 16.8 Å². The summed E-state index contributed by atoms with van der Waals surface area (Å²) in [5.41, 5.74) is 4.08. The van der Waals surface area contributed by atoms with Gasteiger partial charge in [-0.2, -0.15) is 0 Å². The van der Waals surface area contributed by atoms with Gasteiger partial charge in [0.1, 0.15) is 0 Å². The van der Waals surface area contributed by atoms with Crippen molar-refractivity contribution >= 4 is 5.69 Å². The fraction of sp³-hybridized carbons (Fsp3) is 0.467. The number of anilines is 1. The van der Waals surface area contributed by atoms with Crippen LogP contribution in [0.1, 0.15) is 24.0 Å². The maximum atomic E-state index is 5.46. The van der Waals surface area contributed by atoms with E-state index in [0.29, 0.717) is 5.92 Å². The van der Waals surface area contributed by atoms with Gasteiger partial charge in [-0.3, -0.25) is 0 Å². The van der Waals surface area contributed by atoms with Crippen LogP contribution < -0.4 is 4.90 Å². The molecule has 2 rings (SSSR count). The molecule has 1 heteroatoms. The van der Waals surface area contributed by atoms with E-state index in [2.05, 4.69) is 42.9 Å².